The van der Waals surface area contributed by atoms with Crippen LogP contribution in [0.15, 0.2) is 16.9 Å². The van der Waals surface area contributed by atoms with E-state index < -0.39 is 17.9 Å². The van der Waals surface area contributed by atoms with Crippen LogP contribution in [0.25, 0.3) is 0 Å². The summed E-state index contributed by atoms with van der Waals surface area (Å²) in [7, 11) is 1.64. The highest BCUT2D eigenvalue weighted by atomic mass is 16.4. The zero-order valence-corrected chi connectivity index (χ0v) is 13.2. The van der Waals surface area contributed by atoms with Gasteiger partial charge in [0, 0.05) is 19.3 Å². The van der Waals surface area contributed by atoms with Crippen molar-refractivity contribution in [1.29, 1.82) is 0 Å². The molecular formula is C16H22N2O4. The van der Waals surface area contributed by atoms with Gasteiger partial charge < -0.3 is 14.6 Å². The average Bonchev–Trinajstić information content (AvgIpc) is 2.48. The quantitative estimate of drug-likeness (QED) is 0.919. The van der Waals surface area contributed by atoms with Gasteiger partial charge in [-0.3, -0.25) is 9.59 Å². The van der Waals surface area contributed by atoms with E-state index in [9.17, 15) is 19.5 Å². The maximum absolute atomic E-state index is 12.6. The molecule has 0 aliphatic carbocycles. The molecule has 1 aromatic rings. The number of hydrogen-bond donors (Lipinski definition) is 1. The molecule has 0 spiro atoms. The van der Waals surface area contributed by atoms with Crippen LogP contribution in [0.1, 0.15) is 55.1 Å². The van der Waals surface area contributed by atoms with Gasteiger partial charge in [0.1, 0.15) is 11.6 Å². The molecule has 1 saturated heterocycles. The van der Waals surface area contributed by atoms with Gasteiger partial charge in [0.2, 0.25) is 0 Å². The number of likely N-dealkylation sites (tertiary alicyclic amines) is 1. The number of aromatic nitrogens is 1. The zero-order valence-electron chi connectivity index (χ0n) is 13.2. The predicted octanol–water partition coefficient (Wildman–Crippen LogP) is 1.59. The van der Waals surface area contributed by atoms with Gasteiger partial charge in [-0.25, -0.2) is 4.79 Å². The fraction of sp³-hybridized carbons (Fsp3) is 0.562. The lowest BCUT2D eigenvalue weighted by molar-refractivity contribution is -0.143. The Morgan fingerprint density at radius 3 is 2.55 bits per heavy atom. The first-order chi connectivity index (χ1) is 10.3. The first-order valence-corrected chi connectivity index (χ1v) is 7.58. The van der Waals surface area contributed by atoms with Crippen LogP contribution in [-0.2, 0) is 11.8 Å². The molecule has 22 heavy (non-hydrogen) atoms. The summed E-state index contributed by atoms with van der Waals surface area (Å²) in [6, 6.07) is 2.45. The maximum atomic E-state index is 12.6. The van der Waals surface area contributed by atoms with Crippen molar-refractivity contribution in [3.05, 3.63) is 33.7 Å². The molecule has 1 N–H and O–H groups in total. The molecule has 1 aliphatic rings. The molecule has 1 aromatic heterocycles. The maximum Gasteiger partial charge on any atom is 0.326 e. The van der Waals surface area contributed by atoms with Crippen LogP contribution >= 0.6 is 0 Å². The van der Waals surface area contributed by atoms with Crippen LogP contribution in [0.2, 0.25) is 0 Å². The highest BCUT2D eigenvalue weighted by Gasteiger charge is 2.33. The highest BCUT2D eigenvalue weighted by Crippen LogP contribution is 2.20. The van der Waals surface area contributed by atoms with Gasteiger partial charge in [0.05, 0.1) is 0 Å². The number of carbonyl (C=O) groups excluding carboxylic acids is 1. The average molecular weight is 306 g/mol. The van der Waals surface area contributed by atoms with Gasteiger partial charge in [0.15, 0.2) is 0 Å². The van der Waals surface area contributed by atoms with Gasteiger partial charge in [-0.05, 0) is 37.3 Å². The van der Waals surface area contributed by atoms with Gasteiger partial charge in [-0.15, -0.1) is 0 Å². The summed E-state index contributed by atoms with van der Waals surface area (Å²) >= 11 is 0. The topological polar surface area (TPSA) is 79.6 Å². The number of nitrogens with zero attached hydrogens (tertiary/aromatic N) is 2. The Labute approximate surface area is 129 Å². The van der Waals surface area contributed by atoms with Crippen molar-refractivity contribution in [2.24, 2.45) is 7.05 Å². The lowest BCUT2D eigenvalue weighted by atomic mass is 10.0. The molecule has 1 amide bonds. The lowest BCUT2D eigenvalue weighted by Gasteiger charge is -2.32. The summed E-state index contributed by atoms with van der Waals surface area (Å²) in [5.41, 5.74) is 0.515. The molecule has 0 aromatic carbocycles. The Kier molecular flexibility index (Phi) is 4.68. The number of rotatable bonds is 3. The SMILES string of the molecule is CC(C)c1ccc(C(=O)N2CCCC[C@H]2C(=O)O)c(=O)n1C. The second kappa shape index (κ2) is 6.34. The van der Waals surface area contributed by atoms with Gasteiger partial charge >= 0.3 is 5.97 Å². The monoisotopic (exact) mass is 306 g/mol. The Balaban J connectivity index is 2.39. The van der Waals surface area contributed by atoms with Crippen molar-refractivity contribution < 1.29 is 14.7 Å². The molecule has 2 rings (SSSR count). The number of carboxylic acid groups (broad SMARTS) is 1. The second-order valence-electron chi connectivity index (χ2n) is 6.04. The van der Waals surface area contributed by atoms with Crippen LogP contribution < -0.4 is 5.56 Å². The van der Waals surface area contributed by atoms with Crippen molar-refractivity contribution in [3.63, 3.8) is 0 Å². The third-order valence-electron chi connectivity index (χ3n) is 4.21. The van der Waals surface area contributed by atoms with E-state index in [0.29, 0.717) is 13.0 Å². The summed E-state index contributed by atoms with van der Waals surface area (Å²) in [4.78, 5) is 37.7. The van der Waals surface area contributed by atoms with E-state index in [2.05, 4.69) is 0 Å². The third-order valence-corrected chi connectivity index (χ3v) is 4.21. The molecule has 1 fully saturated rings. The first-order valence-electron chi connectivity index (χ1n) is 7.58. The second-order valence-corrected chi connectivity index (χ2v) is 6.04. The first kappa shape index (κ1) is 16.3. The fourth-order valence-corrected chi connectivity index (χ4v) is 2.98. The molecule has 1 atom stereocenters. The number of amides is 1. The van der Waals surface area contributed by atoms with Crippen molar-refractivity contribution in [2.75, 3.05) is 6.54 Å². The summed E-state index contributed by atoms with van der Waals surface area (Å²) in [5.74, 6) is -1.32. The zero-order chi connectivity index (χ0) is 16.4. The Bertz CT molecular complexity index is 648. The smallest absolute Gasteiger partial charge is 0.326 e. The largest absolute Gasteiger partial charge is 0.480 e. The van der Waals surface area contributed by atoms with Crippen LogP contribution in [0.3, 0.4) is 0 Å². The van der Waals surface area contributed by atoms with E-state index in [-0.39, 0.29) is 17.0 Å². The number of carbonyl (C=O) groups is 2. The number of carboxylic acids is 1. The molecule has 6 nitrogen and oxygen atoms in total. The van der Waals surface area contributed by atoms with Gasteiger partial charge in [-0.2, -0.15) is 0 Å². The molecular weight excluding hydrogens is 284 g/mol. The van der Waals surface area contributed by atoms with E-state index in [0.717, 1.165) is 18.5 Å². The Morgan fingerprint density at radius 2 is 1.95 bits per heavy atom. The summed E-state index contributed by atoms with van der Waals surface area (Å²) in [6.45, 7) is 4.33. The summed E-state index contributed by atoms with van der Waals surface area (Å²) in [5, 5.41) is 9.27. The van der Waals surface area contributed by atoms with Gasteiger partial charge in [0.25, 0.3) is 11.5 Å². The molecule has 120 valence electrons. The van der Waals surface area contributed by atoms with Crippen LogP contribution in [0, 0.1) is 0 Å². The minimum atomic E-state index is -1.01. The lowest BCUT2D eigenvalue weighted by Crippen LogP contribution is -2.49. The molecule has 0 radical (unpaired) electrons. The minimum Gasteiger partial charge on any atom is -0.480 e. The number of piperidine rings is 1. The van der Waals surface area contributed by atoms with E-state index in [4.69, 9.17) is 0 Å². The normalized spacial score (nSPS) is 18.5. The number of pyridine rings is 1. The molecule has 2 heterocycles. The van der Waals surface area contributed by atoms with E-state index in [1.165, 1.54) is 15.5 Å². The molecule has 0 saturated carbocycles. The van der Waals surface area contributed by atoms with Gasteiger partial charge in [-0.1, -0.05) is 13.8 Å². The summed E-state index contributed by atoms with van der Waals surface area (Å²) in [6.07, 6.45) is 1.98. The minimum absolute atomic E-state index is 0.0417. The molecule has 0 unspecified atom stereocenters. The number of aliphatic carboxylic acids is 1. The summed E-state index contributed by atoms with van der Waals surface area (Å²) < 4.78 is 1.47. The van der Waals surface area contributed by atoms with Crippen molar-refractivity contribution in [1.82, 2.24) is 9.47 Å². The van der Waals surface area contributed by atoms with Crippen LogP contribution in [0.5, 0.6) is 0 Å². The van der Waals surface area contributed by atoms with Crippen molar-refractivity contribution >= 4 is 11.9 Å². The van der Waals surface area contributed by atoms with E-state index >= 15 is 0 Å². The van der Waals surface area contributed by atoms with E-state index in [1.54, 1.807) is 13.1 Å². The Morgan fingerprint density at radius 1 is 1.27 bits per heavy atom. The third kappa shape index (κ3) is 2.91. The molecule has 1 aliphatic heterocycles. The van der Waals surface area contributed by atoms with Crippen LogP contribution in [0.4, 0.5) is 0 Å². The molecule has 6 heteroatoms. The van der Waals surface area contributed by atoms with Crippen molar-refractivity contribution in [3.8, 4) is 0 Å². The standard InChI is InChI=1S/C16H22N2O4/c1-10(2)12-8-7-11(14(19)17(12)3)15(20)18-9-5-4-6-13(18)16(21)22/h7-8,10,13H,4-6,9H2,1-3H3,(H,21,22)/t13-/m0/s1. The predicted molar refractivity (Wildman–Crippen MR) is 82.1 cm³/mol. The Hall–Kier alpha value is -2.11. The molecule has 0 bridgehead atoms. The highest BCUT2D eigenvalue weighted by molar-refractivity contribution is 5.96. The fourth-order valence-electron chi connectivity index (χ4n) is 2.98. The number of hydrogen-bond acceptors (Lipinski definition) is 3. The van der Waals surface area contributed by atoms with Crippen LogP contribution in [-0.4, -0.2) is 39.0 Å². The van der Waals surface area contributed by atoms with Crippen molar-refractivity contribution in [2.45, 2.75) is 45.1 Å². The van der Waals surface area contributed by atoms with E-state index in [1.807, 2.05) is 13.8 Å².